The predicted molar refractivity (Wildman–Crippen MR) is 156 cm³/mol. The Balaban J connectivity index is 1.17. The Bertz CT molecular complexity index is 1620. The van der Waals surface area contributed by atoms with Crippen LogP contribution in [0.25, 0.3) is 17.1 Å². The highest BCUT2D eigenvalue weighted by Crippen LogP contribution is 2.27. The maximum Gasteiger partial charge on any atom is 0.343 e. The lowest BCUT2D eigenvalue weighted by Crippen LogP contribution is -2.20. The molecule has 0 bridgehead atoms. The first-order valence-corrected chi connectivity index (χ1v) is 13.5. The molecule has 0 aliphatic rings. The molecule has 198 valence electrons. The molecular formula is C31H25N5O3S. The number of amides is 1. The van der Waals surface area contributed by atoms with Crippen molar-refractivity contribution in [2.24, 2.45) is 5.10 Å². The van der Waals surface area contributed by atoms with Crippen molar-refractivity contribution in [1.29, 1.82) is 0 Å². The molecule has 9 heteroatoms. The van der Waals surface area contributed by atoms with Gasteiger partial charge in [0.25, 0.3) is 5.91 Å². The third-order valence-corrected chi connectivity index (χ3v) is 6.72. The third kappa shape index (κ3) is 6.69. The molecule has 0 spiro atoms. The van der Waals surface area contributed by atoms with Gasteiger partial charge in [0.2, 0.25) is 0 Å². The zero-order valence-electron chi connectivity index (χ0n) is 21.6. The molecule has 1 heterocycles. The van der Waals surface area contributed by atoms with Crippen molar-refractivity contribution in [3.8, 4) is 22.8 Å². The Kier molecular flexibility index (Phi) is 8.43. The smallest absolute Gasteiger partial charge is 0.343 e. The van der Waals surface area contributed by atoms with Crippen molar-refractivity contribution < 1.29 is 14.3 Å². The lowest BCUT2D eigenvalue weighted by Gasteiger charge is -2.10. The molecule has 0 aliphatic carbocycles. The number of hydrogen-bond donors (Lipinski definition) is 1. The number of para-hydroxylation sites is 1. The van der Waals surface area contributed by atoms with Gasteiger partial charge in [0.05, 0.1) is 17.5 Å². The maximum atomic E-state index is 12.5. The summed E-state index contributed by atoms with van der Waals surface area (Å²) in [5.41, 5.74) is 6.65. The molecule has 0 atom stereocenters. The first kappa shape index (κ1) is 26.6. The van der Waals surface area contributed by atoms with Crippen LogP contribution in [0.3, 0.4) is 0 Å². The number of aromatic nitrogens is 3. The van der Waals surface area contributed by atoms with Gasteiger partial charge < -0.3 is 4.74 Å². The van der Waals surface area contributed by atoms with Crippen molar-refractivity contribution in [2.75, 3.05) is 5.75 Å². The van der Waals surface area contributed by atoms with E-state index < -0.39 is 5.97 Å². The van der Waals surface area contributed by atoms with E-state index in [2.05, 4.69) is 20.7 Å². The molecule has 0 unspecified atom stereocenters. The van der Waals surface area contributed by atoms with Gasteiger partial charge in [-0.15, -0.1) is 10.2 Å². The number of benzene rings is 4. The van der Waals surface area contributed by atoms with Crippen molar-refractivity contribution in [3.63, 3.8) is 0 Å². The number of rotatable bonds is 9. The summed E-state index contributed by atoms with van der Waals surface area (Å²) < 4.78 is 7.35. The molecule has 0 radical (unpaired) electrons. The summed E-state index contributed by atoms with van der Waals surface area (Å²) in [7, 11) is 0. The molecule has 40 heavy (non-hydrogen) atoms. The van der Waals surface area contributed by atoms with E-state index in [4.69, 9.17) is 4.74 Å². The fraction of sp³-hybridized carbons (Fsp3) is 0.0645. The second-order valence-electron chi connectivity index (χ2n) is 8.75. The van der Waals surface area contributed by atoms with Gasteiger partial charge in [-0.05, 0) is 61.0 Å². The molecule has 0 saturated heterocycles. The molecule has 1 aromatic heterocycles. The number of thioether (sulfide) groups is 1. The SMILES string of the molecule is Cc1ccc(C(=O)Oc2ccc(/C=N\NC(=O)CSc3nnc(-c4ccccc4)n3-c3ccccc3)cc2)cc1. The molecule has 1 amide bonds. The minimum atomic E-state index is -0.426. The van der Waals surface area contributed by atoms with Gasteiger partial charge >= 0.3 is 5.97 Å². The van der Waals surface area contributed by atoms with Crippen molar-refractivity contribution in [2.45, 2.75) is 12.1 Å². The Morgan fingerprint density at radius 1 is 0.875 bits per heavy atom. The fourth-order valence-corrected chi connectivity index (χ4v) is 4.51. The van der Waals surface area contributed by atoms with Crippen LogP contribution >= 0.6 is 11.8 Å². The largest absolute Gasteiger partial charge is 0.423 e. The molecule has 4 aromatic carbocycles. The summed E-state index contributed by atoms with van der Waals surface area (Å²) in [6, 6.07) is 33.6. The van der Waals surface area contributed by atoms with Gasteiger partial charge in [-0.25, -0.2) is 10.2 Å². The molecule has 5 rings (SSSR count). The minimum absolute atomic E-state index is 0.102. The van der Waals surface area contributed by atoms with E-state index >= 15 is 0 Å². The van der Waals surface area contributed by atoms with Gasteiger partial charge in [0.15, 0.2) is 11.0 Å². The number of esters is 1. The van der Waals surface area contributed by atoms with E-state index in [0.717, 1.165) is 22.4 Å². The Labute approximate surface area is 235 Å². The number of hydrogen-bond acceptors (Lipinski definition) is 7. The van der Waals surface area contributed by atoms with Crippen LogP contribution in [-0.4, -0.2) is 38.6 Å². The lowest BCUT2D eigenvalue weighted by atomic mass is 10.1. The topological polar surface area (TPSA) is 98.5 Å². The van der Waals surface area contributed by atoms with Crippen LogP contribution in [0.5, 0.6) is 5.75 Å². The predicted octanol–water partition coefficient (Wildman–Crippen LogP) is 5.70. The number of carbonyl (C=O) groups excluding carboxylic acids is 2. The van der Waals surface area contributed by atoms with Gasteiger partial charge in [-0.2, -0.15) is 5.10 Å². The standard InChI is InChI=1S/C31H25N5O3S/c1-22-12-16-25(17-13-22)30(38)39-27-18-14-23(15-19-27)20-32-33-28(37)21-40-31-35-34-29(24-8-4-2-5-9-24)36(31)26-10-6-3-7-11-26/h2-20H,21H2,1H3,(H,33,37)/b32-20-. The number of hydrazone groups is 1. The van der Waals surface area contributed by atoms with Crippen LogP contribution < -0.4 is 10.2 Å². The Morgan fingerprint density at radius 3 is 2.25 bits per heavy atom. The second-order valence-corrected chi connectivity index (χ2v) is 9.69. The maximum absolute atomic E-state index is 12.5. The third-order valence-electron chi connectivity index (χ3n) is 5.79. The first-order valence-electron chi connectivity index (χ1n) is 12.5. The summed E-state index contributed by atoms with van der Waals surface area (Å²) in [5, 5.41) is 13.4. The first-order chi connectivity index (χ1) is 19.6. The van der Waals surface area contributed by atoms with Crippen molar-refractivity contribution in [3.05, 3.63) is 126 Å². The molecule has 0 aliphatic heterocycles. The van der Waals surface area contributed by atoms with Gasteiger partial charge in [-0.1, -0.05) is 78.0 Å². The van der Waals surface area contributed by atoms with Gasteiger partial charge in [0, 0.05) is 11.3 Å². The second kappa shape index (κ2) is 12.7. The van der Waals surface area contributed by atoms with E-state index in [-0.39, 0.29) is 11.7 Å². The van der Waals surface area contributed by atoms with Crippen molar-refractivity contribution >= 4 is 29.9 Å². The number of nitrogens with zero attached hydrogens (tertiary/aromatic N) is 4. The summed E-state index contributed by atoms with van der Waals surface area (Å²) in [6.07, 6.45) is 1.52. The summed E-state index contributed by atoms with van der Waals surface area (Å²) in [4.78, 5) is 24.8. The van der Waals surface area contributed by atoms with E-state index in [1.807, 2.05) is 84.3 Å². The van der Waals surface area contributed by atoms with E-state index in [0.29, 0.717) is 22.3 Å². The van der Waals surface area contributed by atoms with Crippen LogP contribution in [-0.2, 0) is 4.79 Å². The average Bonchev–Trinajstić information content (AvgIpc) is 3.42. The zero-order chi connectivity index (χ0) is 27.7. The highest BCUT2D eigenvalue weighted by atomic mass is 32.2. The average molecular weight is 548 g/mol. The molecule has 0 saturated carbocycles. The van der Waals surface area contributed by atoms with Crippen LogP contribution in [0.15, 0.2) is 119 Å². The normalized spacial score (nSPS) is 10.9. The van der Waals surface area contributed by atoms with Crippen LogP contribution in [0.1, 0.15) is 21.5 Å². The molecular weight excluding hydrogens is 522 g/mol. The molecule has 8 nitrogen and oxygen atoms in total. The number of carbonyl (C=O) groups is 2. The minimum Gasteiger partial charge on any atom is -0.423 e. The fourth-order valence-electron chi connectivity index (χ4n) is 3.77. The molecule has 1 N–H and O–H groups in total. The van der Waals surface area contributed by atoms with Crippen LogP contribution in [0.4, 0.5) is 0 Å². The van der Waals surface area contributed by atoms with E-state index in [9.17, 15) is 9.59 Å². The quantitative estimate of drug-likeness (QED) is 0.0835. The van der Waals surface area contributed by atoms with E-state index in [1.54, 1.807) is 36.4 Å². The lowest BCUT2D eigenvalue weighted by molar-refractivity contribution is -0.118. The van der Waals surface area contributed by atoms with E-state index in [1.165, 1.54) is 18.0 Å². The van der Waals surface area contributed by atoms with Gasteiger partial charge in [0.1, 0.15) is 5.75 Å². The van der Waals surface area contributed by atoms with Crippen LogP contribution in [0.2, 0.25) is 0 Å². The Hall–Kier alpha value is -5.02. The van der Waals surface area contributed by atoms with Gasteiger partial charge in [-0.3, -0.25) is 9.36 Å². The number of aryl methyl sites for hydroxylation is 1. The van der Waals surface area contributed by atoms with Crippen LogP contribution in [0, 0.1) is 6.92 Å². The highest BCUT2D eigenvalue weighted by Gasteiger charge is 2.17. The highest BCUT2D eigenvalue weighted by molar-refractivity contribution is 7.99. The Morgan fingerprint density at radius 2 is 1.55 bits per heavy atom. The number of ether oxygens (including phenoxy) is 1. The zero-order valence-corrected chi connectivity index (χ0v) is 22.4. The molecule has 0 fully saturated rings. The summed E-state index contributed by atoms with van der Waals surface area (Å²) in [6.45, 7) is 1.96. The van der Waals surface area contributed by atoms with Crippen molar-refractivity contribution in [1.82, 2.24) is 20.2 Å². The number of nitrogens with one attached hydrogen (secondary N) is 1. The summed E-state index contributed by atoms with van der Waals surface area (Å²) >= 11 is 1.27. The monoisotopic (exact) mass is 547 g/mol. The molecule has 5 aromatic rings. The summed E-state index contributed by atoms with van der Waals surface area (Å²) in [5.74, 6) is 0.505.